The molecule has 2 N–H and O–H groups in total. The minimum atomic E-state index is -1.35. The van der Waals surface area contributed by atoms with E-state index in [2.05, 4.69) is 20.8 Å². The van der Waals surface area contributed by atoms with Crippen molar-refractivity contribution in [2.24, 2.45) is 11.7 Å². The summed E-state index contributed by atoms with van der Waals surface area (Å²) in [6.07, 6.45) is -0.938. The number of alkyl halides is 1. The zero-order valence-corrected chi connectivity index (χ0v) is 16.0. The van der Waals surface area contributed by atoms with Gasteiger partial charge in [-0.2, -0.15) is 0 Å². The van der Waals surface area contributed by atoms with Crippen LogP contribution in [0.3, 0.4) is 0 Å². The molecule has 2 unspecified atom stereocenters. The van der Waals surface area contributed by atoms with Crippen LogP contribution < -0.4 is 5.73 Å². The number of primary amides is 1. The molecule has 6 aliphatic rings. The average molecular weight is 428 g/mol. The molecule has 1 amide bonds. The van der Waals surface area contributed by atoms with Crippen molar-refractivity contribution in [2.75, 3.05) is 27.4 Å². The van der Waals surface area contributed by atoms with Gasteiger partial charge in [0.1, 0.15) is 16.7 Å². The lowest BCUT2D eigenvalue weighted by Gasteiger charge is -2.47. The quantitative estimate of drug-likeness (QED) is 0.464. The molecule has 1 spiro atoms. The summed E-state index contributed by atoms with van der Waals surface area (Å²) in [5, 5.41) is 0. The lowest BCUT2D eigenvalue weighted by atomic mass is 9.69. The zero-order valence-electron chi connectivity index (χ0n) is 14.4. The third kappa shape index (κ3) is 1.24. The number of ether oxygens (including phenoxy) is 3. The molecule has 0 aromatic rings. The predicted octanol–water partition coefficient (Wildman–Crippen LogP) is -0.662. The topological polar surface area (TPSA) is 111 Å². The third-order valence-electron chi connectivity index (χ3n) is 6.86. The van der Waals surface area contributed by atoms with E-state index in [1.54, 1.807) is 14.0 Å². The molecule has 0 aromatic carbocycles. The number of amides is 1. The fourth-order valence-corrected chi connectivity index (χ4v) is 7.38. The smallest absolute Gasteiger partial charge is 0.404 e. The van der Waals surface area contributed by atoms with Gasteiger partial charge < -0.3 is 19.9 Å². The highest BCUT2D eigenvalue weighted by molar-refractivity contribution is 9.10. The summed E-state index contributed by atoms with van der Waals surface area (Å²) in [6.45, 7) is 2.09. The highest BCUT2D eigenvalue weighted by Gasteiger charge is 3.00. The van der Waals surface area contributed by atoms with Crippen LogP contribution in [0.25, 0.3) is 0 Å². The van der Waals surface area contributed by atoms with Gasteiger partial charge in [-0.3, -0.25) is 14.5 Å². The number of hydrogen-bond acceptors (Lipinski definition) is 8. The van der Waals surface area contributed by atoms with Crippen molar-refractivity contribution in [2.45, 2.75) is 34.7 Å². The molecule has 5 heterocycles. The Bertz CT molecular complexity index is 831. The number of rotatable bonds is 4. The highest BCUT2D eigenvalue weighted by atomic mass is 79.9. The van der Waals surface area contributed by atoms with E-state index >= 15 is 0 Å². The Morgan fingerprint density at radius 1 is 1.35 bits per heavy atom. The number of allylic oxidation sites excluding steroid dienone is 1. The molecule has 0 aromatic heterocycles. The second kappa shape index (κ2) is 4.49. The number of Topliss-reactive ketones (excluding diaryl/α,β-unsaturated/α-hetero) is 2. The standard InChI is InChI=1S/C16H18BrN3O6/c1-6-9(24-2)12(22)14(17)8(5-26-13(18)23)15(25-3)10-7-4-19(15)16(14,11(6)21)20(7)10/h7-8,10H,4-5H2,1-3H3,(H2,18,23)/t7-,8-,10+,14-,15-,16+,20?/m1/s1. The van der Waals surface area contributed by atoms with Gasteiger partial charge in [0.2, 0.25) is 5.78 Å². The summed E-state index contributed by atoms with van der Waals surface area (Å²) < 4.78 is 15.0. The number of carbonyl (C=O) groups excluding carboxylic acids is 3. The van der Waals surface area contributed by atoms with Crippen LogP contribution in [0.4, 0.5) is 4.79 Å². The summed E-state index contributed by atoms with van der Waals surface area (Å²) in [7, 11) is 2.93. The summed E-state index contributed by atoms with van der Waals surface area (Å²) in [5.41, 5.74) is 3.37. The summed E-state index contributed by atoms with van der Waals surface area (Å²) in [5.74, 6) is -1.12. The number of carbonyl (C=O) groups is 3. The number of hydrogen-bond donors (Lipinski definition) is 1. The maximum Gasteiger partial charge on any atom is 0.404 e. The number of piperazine rings is 1. The first-order chi connectivity index (χ1) is 12.3. The number of ketones is 2. The Labute approximate surface area is 157 Å². The number of halogens is 1. The van der Waals surface area contributed by atoms with Gasteiger partial charge >= 0.3 is 6.09 Å². The fourth-order valence-electron chi connectivity index (χ4n) is 6.14. The number of nitrogens with two attached hydrogens (primary N) is 1. The molecular weight excluding hydrogens is 410 g/mol. The number of nitrogens with zero attached hydrogens (tertiary/aromatic N) is 2. The largest absolute Gasteiger partial charge is 0.493 e. The lowest BCUT2D eigenvalue weighted by molar-refractivity contribution is -0.140. The van der Waals surface area contributed by atoms with Gasteiger partial charge in [0, 0.05) is 25.3 Å². The van der Waals surface area contributed by atoms with Crippen LogP contribution in [0.2, 0.25) is 0 Å². The highest BCUT2D eigenvalue weighted by Crippen LogP contribution is 2.78. The minimum Gasteiger partial charge on any atom is -0.493 e. The molecule has 6 rings (SSSR count). The van der Waals surface area contributed by atoms with E-state index in [9.17, 15) is 14.4 Å². The first kappa shape index (κ1) is 16.7. The Kier molecular flexibility index (Phi) is 2.88. The minimum absolute atomic E-state index is 0.0201. The number of methoxy groups -OCH3 is 2. The van der Waals surface area contributed by atoms with Crippen LogP contribution in [-0.2, 0) is 23.8 Å². The van der Waals surface area contributed by atoms with Crippen LogP contribution in [0.1, 0.15) is 6.92 Å². The van der Waals surface area contributed by atoms with Crippen LogP contribution in [0, 0.1) is 5.92 Å². The third-order valence-corrected chi connectivity index (χ3v) is 8.32. The van der Waals surface area contributed by atoms with Crippen molar-refractivity contribution in [3.8, 4) is 0 Å². The first-order valence-corrected chi connectivity index (χ1v) is 9.12. The molecule has 26 heavy (non-hydrogen) atoms. The first-order valence-electron chi connectivity index (χ1n) is 8.33. The van der Waals surface area contributed by atoms with Crippen molar-refractivity contribution < 1.29 is 28.6 Å². The SMILES string of the molecule is COC1=C(C)C(=O)[C@@]23N4[C@@H]5CN2[C@](OC)([C@H]54)[C@H](COC(N)=O)[C@@]3(Br)C1=O. The molecule has 5 fully saturated rings. The summed E-state index contributed by atoms with van der Waals surface area (Å²) in [6, 6.07) is 0.118. The van der Waals surface area contributed by atoms with E-state index in [0.717, 1.165) is 0 Å². The van der Waals surface area contributed by atoms with Crippen molar-refractivity contribution >= 4 is 33.6 Å². The maximum absolute atomic E-state index is 13.5. The molecule has 140 valence electrons. The van der Waals surface area contributed by atoms with E-state index < -0.39 is 27.7 Å². The van der Waals surface area contributed by atoms with Crippen molar-refractivity contribution in [1.82, 2.24) is 9.80 Å². The van der Waals surface area contributed by atoms with Gasteiger partial charge in [-0.15, -0.1) is 0 Å². The Hall–Kier alpha value is -1.49. The van der Waals surface area contributed by atoms with Crippen LogP contribution in [0.5, 0.6) is 0 Å². The van der Waals surface area contributed by atoms with Gasteiger partial charge in [0.25, 0.3) is 0 Å². The molecule has 10 heteroatoms. The zero-order chi connectivity index (χ0) is 18.8. The Morgan fingerprint density at radius 3 is 2.58 bits per heavy atom. The molecular formula is C16H18BrN3O6. The molecule has 9 nitrogen and oxygen atoms in total. The van der Waals surface area contributed by atoms with Crippen LogP contribution in [0.15, 0.2) is 11.3 Å². The van der Waals surface area contributed by atoms with E-state index in [1.165, 1.54) is 7.11 Å². The van der Waals surface area contributed by atoms with Crippen molar-refractivity contribution in [3.05, 3.63) is 11.3 Å². The molecule has 5 aliphatic heterocycles. The molecule has 0 radical (unpaired) electrons. The van der Waals surface area contributed by atoms with Crippen LogP contribution >= 0.6 is 15.9 Å². The maximum atomic E-state index is 13.5. The van der Waals surface area contributed by atoms with Gasteiger partial charge in [-0.1, -0.05) is 15.9 Å². The van der Waals surface area contributed by atoms with E-state index in [4.69, 9.17) is 19.9 Å². The van der Waals surface area contributed by atoms with Gasteiger partial charge in [-0.25, -0.2) is 9.69 Å². The van der Waals surface area contributed by atoms with E-state index in [0.29, 0.717) is 12.1 Å². The second-order valence-electron chi connectivity index (χ2n) is 7.37. The molecule has 5 saturated heterocycles. The average Bonchev–Trinajstić information content (AvgIpc) is 2.90. The predicted molar refractivity (Wildman–Crippen MR) is 89.0 cm³/mol. The summed E-state index contributed by atoms with van der Waals surface area (Å²) >= 11 is 3.63. The van der Waals surface area contributed by atoms with Crippen molar-refractivity contribution in [3.63, 3.8) is 0 Å². The van der Waals surface area contributed by atoms with E-state index in [-0.39, 0.29) is 36.0 Å². The molecule has 0 saturated carbocycles. The normalized spacial score (nSPS) is 52.4. The monoisotopic (exact) mass is 427 g/mol. The molecule has 1 aliphatic carbocycles. The Balaban J connectivity index is 1.76. The summed E-state index contributed by atoms with van der Waals surface area (Å²) in [4.78, 5) is 42.3. The van der Waals surface area contributed by atoms with E-state index in [1.807, 2.05) is 4.90 Å². The van der Waals surface area contributed by atoms with Gasteiger partial charge in [0.05, 0.1) is 19.1 Å². The second-order valence-corrected chi connectivity index (χ2v) is 8.62. The Morgan fingerprint density at radius 2 is 2.04 bits per heavy atom. The number of piperidine rings is 1. The fraction of sp³-hybridized carbons (Fsp3) is 0.688. The van der Waals surface area contributed by atoms with Gasteiger partial charge in [0.15, 0.2) is 17.2 Å². The van der Waals surface area contributed by atoms with Crippen LogP contribution in [-0.4, -0.2) is 82.6 Å². The van der Waals surface area contributed by atoms with Gasteiger partial charge in [-0.05, 0) is 6.92 Å². The van der Waals surface area contributed by atoms with Crippen molar-refractivity contribution in [1.29, 1.82) is 0 Å². The molecule has 6 bridgehead atoms. The lowest BCUT2D eigenvalue weighted by Crippen LogP contribution is -2.70. The molecule has 8 atom stereocenters.